The lowest BCUT2D eigenvalue weighted by Gasteiger charge is -2.23. The van der Waals surface area contributed by atoms with Crippen LogP contribution in [-0.4, -0.2) is 69.1 Å². The fourth-order valence-corrected chi connectivity index (χ4v) is 2.49. The highest BCUT2D eigenvalue weighted by molar-refractivity contribution is 5.77. The van der Waals surface area contributed by atoms with Gasteiger partial charge in [0.15, 0.2) is 0 Å². The van der Waals surface area contributed by atoms with Crippen molar-refractivity contribution in [2.24, 2.45) is 0 Å². The molecular formula is C20H33N3O4. The van der Waals surface area contributed by atoms with Crippen molar-refractivity contribution in [3.05, 3.63) is 29.3 Å². The lowest BCUT2D eigenvalue weighted by Crippen LogP contribution is -2.32. The number of rotatable bonds is 8. The standard InChI is InChI=1S/C14H17NO4.C4H9N.C2H7N/c1-15(13(10-18)3-2-6-16)8-12-7-14(19)5-4-11(12)9-17;1-2-4-5-3-1;1-3-2/h4-7,9-10,13,19H,2-3,8H2,1H3;5H,1-4H2;3H,1-2H3. The van der Waals surface area contributed by atoms with Crippen molar-refractivity contribution >= 4 is 18.9 Å². The van der Waals surface area contributed by atoms with Gasteiger partial charge in [-0.1, -0.05) is 0 Å². The van der Waals surface area contributed by atoms with Gasteiger partial charge in [-0.15, -0.1) is 0 Å². The molecule has 1 heterocycles. The number of nitrogens with one attached hydrogen (secondary N) is 2. The fraction of sp³-hybridized carbons (Fsp3) is 0.550. The van der Waals surface area contributed by atoms with Crippen LogP contribution in [0.15, 0.2) is 18.2 Å². The van der Waals surface area contributed by atoms with E-state index < -0.39 is 0 Å². The summed E-state index contributed by atoms with van der Waals surface area (Å²) < 4.78 is 0. The van der Waals surface area contributed by atoms with Crippen molar-refractivity contribution in [2.75, 3.05) is 34.2 Å². The molecule has 1 aromatic rings. The molecule has 0 bridgehead atoms. The van der Waals surface area contributed by atoms with Crippen LogP contribution in [0, 0.1) is 0 Å². The Bertz CT molecular complexity index is 540. The molecule has 0 aromatic heterocycles. The molecule has 152 valence electrons. The van der Waals surface area contributed by atoms with E-state index in [1.165, 1.54) is 44.1 Å². The predicted molar refractivity (Wildman–Crippen MR) is 107 cm³/mol. The molecule has 1 aliphatic heterocycles. The summed E-state index contributed by atoms with van der Waals surface area (Å²) in [5.41, 5.74) is 1.13. The fourth-order valence-electron chi connectivity index (χ4n) is 2.49. The third-order valence-corrected chi connectivity index (χ3v) is 3.93. The smallest absolute Gasteiger partial charge is 0.150 e. The normalized spacial score (nSPS) is 13.6. The van der Waals surface area contributed by atoms with Crippen molar-refractivity contribution in [1.29, 1.82) is 0 Å². The number of hydrogen-bond donors (Lipinski definition) is 3. The van der Waals surface area contributed by atoms with Gasteiger partial charge in [-0.3, -0.25) is 9.69 Å². The highest BCUT2D eigenvalue weighted by atomic mass is 16.3. The Morgan fingerprint density at radius 3 is 2.30 bits per heavy atom. The minimum atomic E-state index is -0.382. The van der Waals surface area contributed by atoms with E-state index in [0.717, 1.165) is 12.6 Å². The molecule has 7 heteroatoms. The number of phenolic OH excluding ortho intramolecular Hbond substituents is 1. The van der Waals surface area contributed by atoms with Crippen LogP contribution in [0.3, 0.4) is 0 Å². The molecule has 1 unspecified atom stereocenters. The highest BCUT2D eigenvalue weighted by Gasteiger charge is 2.15. The Labute approximate surface area is 162 Å². The van der Waals surface area contributed by atoms with Gasteiger partial charge in [-0.2, -0.15) is 0 Å². The van der Waals surface area contributed by atoms with Crippen molar-refractivity contribution < 1.29 is 19.5 Å². The Kier molecular flexibility index (Phi) is 14.9. The Hall–Kier alpha value is -2.09. The van der Waals surface area contributed by atoms with Crippen molar-refractivity contribution in [3.63, 3.8) is 0 Å². The molecule has 2 rings (SSSR count). The Morgan fingerprint density at radius 1 is 1.22 bits per heavy atom. The number of hydrogen-bond acceptors (Lipinski definition) is 7. The summed E-state index contributed by atoms with van der Waals surface area (Å²) in [6.45, 7) is 2.85. The molecular weight excluding hydrogens is 346 g/mol. The molecule has 0 radical (unpaired) electrons. The van der Waals surface area contributed by atoms with Crippen LogP contribution in [0.2, 0.25) is 0 Å². The van der Waals surface area contributed by atoms with E-state index in [1.54, 1.807) is 11.9 Å². The number of benzene rings is 1. The molecule has 3 N–H and O–H groups in total. The molecule has 1 aromatic carbocycles. The third-order valence-electron chi connectivity index (χ3n) is 3.93. The quantitative estimate of drug-likeness (QED) is 0.587. The first-order valence-corrected chi connectivity index (χ1v) is 9.19. The van der Waals surface area contributed by atoms with Crippen LogP contribution < -0.4 is 10.6 Å². The average Bonchev–Trinajstić information content (AvgIpc) is 3.23. The Balaban J connectivity index is 0.000000698. The molecule has 1 saturated heterocycles. The van der Waals surface area contributed by atoms with Crippen molar-refractivity contribution in [3.8, 4) is 5.75 Å². The summed E-state index contributed by atoms with van der Waals surface area (Å²) in [7, 11) is 5.49. The third kappa shape index (κ3) is 11.3. The van der Waals surface area contributed by atoms with E-state index >= 15 is 0 Å². The molecule has 1 atom stereocenters. The van der Waals surface area contributed by atoms with Gasteiger partial charge in [0.1, 0.15) is 24.6 Å². The van der Waals surface area contributed by atoms with E-state index in [4.69, 9.17) is 0 Å². The minimum Gasteiger partial charge on any atom is -0.508 e. The first-order valence-electron chi connectivity index (χ1n) is 9.19. The highest BCUT2D eigenvalue weighted by Crippen LogP contribution is 2.18. The summed E-state index contributed by atoms with van der Waals surface area (Å²) in [6.07, 6.45) is 5.80. The topological polar surface area (TPSA) is 98.7 Å². The second-order valence-electron chi connectivity index (χ2n) is 6.32. The van der Waals surface area contributed by atoms with Crippen molar-refractivity contribution in [1.82, 2.24) is 15.5 Å². The summed E-state index contributed by atoms with van der Waals surface area (Å²) in [5.74, 6) is 0.0737. The summed E-state index contributed by atoms with van der Waals surface area (Å²) >= 11 is 0. The molecule has 0 saturated carbocycles. The van der Waals surface area contributed by atoms with Crippen molar-refractivity contribution in [2.45, 2.75) is 38.3 Å². The first kappa shape index (κ1) is 24.9. The predicted octanol–water partition coefficient (Wildman–Crippen LogP) is 1.39. The van der Waals surface area contributed by atoms with Crippen LogP contribution >= 0.6 is 0 Å². The zero-order chi connectivity index (χ0) is 20.5. The largest absolute Gasteiger partial charge is 0.508 e. The van der Waals surface area contributed by atoms with E-state index in [1.807, 2.05) is 14.1 Å². The zero-order valence-corrected chi connectivity index (χ0v) is 16.6. The van der Waals surface area contributed by atoms with E-state index in [-0.39, 0.29) is 11.8 Å². The van der Waals surface area contributed by atoms with Gasteiger partial charge in [0, 0.05) is 18.5 Å². The number of carbonyl (C=O) groups excluding carboxylic acids is 3. The molecule has 0 amide bonds. The number of nitrogens with zero attached hydrogens (tertiary/aromatic N) is 1. The molecule has 1 fully saturated rings. The maximum Gasteiger partial charge on any atom is 0.150 e. The van der Waals surface area contributed by atoms with Gasteiger partial charge >= 0.3 is 0 Å². The maximum absolute atomic E-state index is 11.0. The first-order chi connectivity index (χ1) is 13.0. The summed E-state index contributed by atoms with van der Waals surface area (Å²) in [6, 6.07) is 4.10. The van der Waals surface area contributed by atoms with E-state index in [2.05, 4.69) is 10.6 Å². The molecule has 0 aliphatic carbocycles. The Morgan fingerprint density at radius 2 is 1.85 bits per heavy atom. The maximum atomic E-state index is 11.0. The minimum absolute atomic E-state index is 0.0737. The van der Waals surface area contributed by atoms with Gasteiger partial charge in [0.25, 0.3) is 0 Å². The number of aromatic hydroxyl groups is 1. The van der Waals surface area contributed by atoms with Crippen LogP contribution in [0.25, 0.3) is 0 Å². The van der Waals surface area contributed by atoms with Gasteiger partial charge in [-0.25, -0.2) is 0 Å². The van der Waals surface area contributed by atoms with Gasteiger partial charge in [0.05, 0.1) is 6.04 Å². The SMILES string of the molecule is C1CCNC1.CN(Cc1cc(O)ccc1C=O)C(C=O)CCC=O.CNC. The monoisotopic (exact) mass is 379 g/mol. The summed E-state index contributed by atoms with van der Waals surface area (Å²) in [5, 5.41) is 15.4. The zero-order valence-electron chi connectivity index (χ0n) is 16.6. The lowest BCUT2D eigenvalue weighted by molar-refractivity contribution is -0.113. The van der Waals surface area contributed by atoms with Crippen LogP contribution in [0.5, 0.6) is 5.75 Å². The number of phenols is 1. The summed E-state index contributed by atoms with van der Waals surface area (Å²) in [4.78, 5) is 34.0. The van der Waals surface area contributed by atoms with Crippen LogP contribution in [0.4, 0.5) is 0 Å². The molecule has 0 spiro atoms. The number of likely N-dealkylation sites (N-methyl/N-ethyl adjacent to an activating group) is 1. The lowest BCUT2D eigenvalue weighted by atomic mass is 10.1. The number of carbonyl (C=O) groups is 3. The second-order valence-corrected chi connectivity index (χ2v) is 6.32. The number of aldehydes is 3. The molecule has 27 heavy (non-hydrogen) atoms. The van der Waals surface area contributed by atoms with Gasteiger partial charge < -0.3 is 25.3 Å². The second kappa shape index (κ2) is 16.1. The van der Waals surface area contributed by atoms with Crippen LogP contribution in [0.1, 0.15) is 41.6 Å². The average molecular weight is 380 g/mol. The molecule has 7 nitrogen and oxygen atoms in total. The van der Waals surface area contributed by atoms with Gasteiger partial charge in [0.2, 0.25) is 0 Å². The van der Waals surface area contributed by atoms with Gasteiger partial charge in [-0.05, 0) is 77.3 Å². The van der Waals surface area contributed by atoms with Crippen LogP contribution in [-0.2, 0) is 16.1 Å². The molecule has 1 aliphatic rings. The van der Waals surface area contributed by atoms with E-state index in [9.17, 15) is 19.5 Å². The van der Waals surface area contributed by atoms with E-state index in [0.29, 0.717) is 36.8 Å².